The first-order valence-electron chi connectivity index (χ1n) is 6.99. The molecule has 2 bridgehead atoms. The molecular formula is C13H26N2O3. The van der Waals surface area contributed by atoms with Crippen molar-refractivity contribution in [3.05, 3.63) is 0 Å². The minimum Gasteiger partial charge on any atom is -0.373 e. The molecule has 5 heteroatoms. The Kier molecular flexibility index (Phi) is 3.99. The van der Waals surface area contributed by atoms with E-state index in [0.29, 0.717) is 6.10 Å². The van der Waals surface area contributed by atoms with E-state index < -0.39 is 0 Å². The van der Waals surface area contributed by atoms with Crippen LogP contribution in [0.15, 0.2) is 0 Å². The van der Waals surface area contributed by atoms with Gasteiger partial charge in [0.15, 0.2) is 0 Å². The number of hydroxylamine groups is 2. The Morgan fingerprint density at radius 1 is 1.39 bits per heavy atom. The van der Waals surface area contributed by atoms with Crippen molar-refractivity contribution in [3.63, 3.8) is 0 Å². The van der Waals surface area contributed by atoms with Gasteiger partial charge in [-0.25, -0.2) is 0 Å². The molecular weight excluding hydrogens is 232 g/mol. The fourth-order valence-electron chi connectivity index (χ4n) is 3.47. The third-order valence-corrected chi connectivity index (χ3v) is 4.84. The van der Waals surface area contributed by atoms with E-state index in [1.165, 1.54) is 0 Å². The fourth-order valence-corrected chi connectivity index (χ4v) is 3.47. The molecule has 2 N–H and O–H groups in total. The van der Waals surface area contributed by atoms with Gasteiger partial charge in [0.25, 0.3) is 0 Å². The van der Waals surface area contributed by atoms with Crippen molar-refractivity contribution in [1.29, 1.82) is 0 Å². The van der Waals surface area contributed by atoms with E-state index in [1.807, 2.05) is 5.06 Å². The van der Waals surface area contributed by atoms with Crippen LogP contribution >= 0.6 is 0 Å². The Labute approximate surface area is 109 Å². The molecule has 2 rings (SSSR count). The summed E-state index contributed by atoms with van der Waals surface area (Å²) in [7, 11) is 0. The van der Waals surface area contributed by atoms with Crippen LogP contribution in [-0.2, 0) is 14.7 Å². The van der Waals surface area contributed by atoms with Gasteiger partial charge in [-0.3, -0.25) is 0 Å². The van der Waals surface area contributed by atoms with Crippen molar-refractivity contribution in [3.8, 4) is 0 Å². The molecule has 5 nitrogen and oxygen atoms in total. The normalized spacial score (nSPS) is 35.7. The minimum absolute atomic E-state index is 0.109. The van der Waals surface area contributed by atoms with Crippen molar-refractivity contribution < 1.29 is 14.7 Å². The van der Waals surface area contributed by atoms with Crippen LogP contribution in [0, 0.1) is 0 Å². The summed E-state index contributed by atoms with van der Waals surface area (Å²) >= 11 is 0. The highest BCUT2D eigenvalue weighted by Gasteiger charge is 2.58. The lowest BCUT2D eigenvalue weighted by Gasteiger charge is -2.49. The number of hydrogen-bond acceptors (Lipinski definition) is 5. The largest absolute Gasteiger partial charge is 0.373 e. The third-order valence-electron chi connectivity index (χ3n) is 4.84. The molecule has 18 heavy (non-hydrogen) atoms. The molecule has 0 saturated carbocycles. The molecule has 106 valence electrons. The highest BCUT2D eigenvalue weighted by atomic mass is 17.3. The van der Waals surface area contributed by atoms with Crippen LogP contribution in [-0.4, -0.2) is 28.3 Å². The lowest BCUT2D eigenvalue weighted by Crippen LogP contribution is -2.62. The van der Waals surface area contributed by atoms with Crippen LogP contribution in [0.25, 0.3) is 0 Å². The monoisotopic (exact) mass is 258 g/mol. The Morgan fingerprint density at radius 3 is 2.50 bits per heavy atom. The van der Waals surface area contributed by atoms with Gasteiger partial charge in [0.1, 0.15) is 0 Å². The lowest BCUT2D eigenvalue weighted by atomic mass is 9.77. The topological polar surface area (TPSA) is 57.0 Å². The number of nitrogens with zero attached hydrogens (tertiary/aromatic N) is 1. The van der Waals surface area contributed by atoms with Gasteiger partial charge in [0.05, 0.1) is 17.7 Å². The Balaban J connectivity index is 2.28. The van der Waals surface area contributed by atoms with E-state index in [0.717, 1.165) is 32.1 Å². The summed E-state index contributed by atoms with van der Waals surface area (Å²) in [5.74, 6) is 5.16. The van der Waals surface area contributed by atoms with E-state index >= 15 is 0 Å². The molecule has 0 aromatic heterocycles. The summed E-state index contributed by atoms with van der Waals surface area (Å²) in [6, 6.07) is 0. The average Bonchev–Trinajstić information content (AvgIpc) is 2.96. The van der Waals surface area contributed by atoms with Gasteiger partial charge in [0.2, 0.25) is 0 Å². The van der Waals surface area contributed by atoms with Crippen LogP contribution in [0.2, 0.25) is 0 Å². The van der Waals surface area contributed by atoms with Crippen LogP contribution in [0.5, 0.6) is 0 Å². The molecule has 2 saturated heterocycles. The summed E-state index contributed by atoms with van der Waals surface area (Å²) in [6.45, 7) is 8.62. The summed E-state index contributed by atoms with van der Waals surface area (Å²) < 4.78 is 6.03. The van der Waals surface area contributed by atoms with Gasteiger partial charge >= 0.3 is 0 Å². The van der Waals surface area contributed by atoms with Gasteiger partial charge < -0.3 is 4.74 Å². The van der Waals surface area contributed by atoms with Crippen molar-refractivity contribution in [1.82, 2.24) is 5.06 Å². The quantitative estimate of drug-likeness (QED) is 0.585. The number of hydrogen-bond donors (Lipinski definition) is 1. The molecule has 0 spiro atoms. The standard InChI is InChI=1S/C13H26N2O3/c1-5-12(3,4)15(18-17-14)13(6-2)9-10-7-8-11(13)16-10/h10-11H,5-9,14H2,1-4H3. The molecule has 0 radical (unpaired) electrons. The fraction of sp³-hybridized carbons (Fsp3) is 1.00. The smallest absolute Gasteiger partial charge is 0.0788 e. The lowest BCUT2D eigenvalue weighted by molar-refractivity contribution is -0.479. The van der Waals surface area contributed by atoms with Gasteiger partial charge in [-0.1, -0.05) is 13.8 Å². The molecule has 2 fully saturated rings. The summed E-state index contributed by atoms with van der Waals surface area (Å²) in [6.07, 6.45) is 5.79. The van der Waals surface area contributed by atoms with E-state index in [1.54, 1.807) is 0 Å². The number of nitrogens with two attached hydrogens (primary N) is 1. The summed E-state index contributed by atoms with van der Waals surface area (Å²) in [5, 5.41) is 1.95. The second-order valence-corrected chi connectivity index (χ2v) is 6.12. The van der Waals surface area contributed by atoms with Crippen LogP contribution in [0.4, 0.5) is 0 Å². The van der Waals surface area contributed by atoms with Crippen molar-refractivity contribution in [2.24, 2.45) is 5.90 Å². The molecule has 2 aliphatic heterocycles. The first kappa shape index (κ1) is 14.2. The zero-order valence-corrected chi connectivity index (χ0v) is 11.9. The molecule has 0 aromatic carbocycles. The molecule has 2 heterocycles. The maximum Gasteiger partial charge on any atom is 0.0788 e. The molecule has 0 aromatic rings. The van der Waals surface area contributed by atoms with Crippen molar-refractivity contribution >= 4 is 0 Å². The number of fused-ring (bicyclic) bond motifs is 2. The Hall–Kier alpha value is -0.200. The molecule has 2 aliphatic rings. The Bertz CT molecular complexity index is 298. The maximum absolute atomic E-state index is 6.03. The van der Waals surface area contributed by atoms with Gasteiger partial charge in [-0.15, -0.1) is 15.0 Å². The van der Waals surface area contributed by atoms with Gasteiger partial charge in [-0.2, -0.15) is 5.90 Å². The average molecular weight is 258 g/mol. The first-order chi connectivity index (χ1) is 8.50. The molecule has 0 amide bonds. The zero-order chi connectivity index (χ0) is 13.4. The van der Waals surface area contributed by atoms with E-state index in [2.05, 4.69) is 32.7 Å². The minimum atomic E-state index is -0.136. The van der Waals surface area contributed by atoms with Crippen LogP contribution < -0.4 is 5.90 Å². The predicted octanol–water partition coefficient (Wildman–Crippen LogP) is 2.31. The second-order valence-electron chi connectivity index (χ2n) is 6.12. The summed E-state index contributed by atoms with van der Waals surface area (Å²) in [5.41, 5.74) is -0.245. The highest BCUT2D eigenvalue weighted by Crippen LogP contribution is 2.49. The van der Waals surface area contributed by atoms with Crippen molar-refractivity contribution in [2.75, 3.05) is 0 Å². The molecule has 3 unspecified atom stereocenters. The highest BCUT2D eigenvalue weighted by molar-refractivity contribution is 5.08. The Morgan fingerprint density at radius 2 is 2.11 bits per heavy atom. The third kappa shape index (κ3) is 2.08. The zero-order valence-electron chi connectivity index (χ0n) is 11.9. The van der Waals surface area contributed by atoms with Crippen LogP contribution in [0.3, 0.4) is 0 Å². The van der Waals surface area contributed by atoms with E-state index in [4.69, 9.17) is 15.6 Å². The summed E-state index contributed by atoms with van der Waals surface area (Å²) in [4.78, 5) is 9.87. The van der Waals surface area contributed by atoms with Crippen molar-refractivity contribution in [2.45, 2.75) is 83.1 Å². The molecule has 0 aliphatic carbocycles. The number of ether oxygens (including phenoxy) is 1. The second kappa shape index (κ2) is 5.06. The SMILES string of the molecule is CCC(C)(C)N(OON)C1(CC)CC2CCC1O2. The van der Waals surface area contributed by atoms with Crippen LogP contribution in [0.1, 0.15) is 59.8 Å². The van der Waals surface area contributed by atoms with Gasteiger partial charge in [-0.05, 0) is 46.0 Å². The predicted molar refractivity (Wildman–Crippen MR) is 68.1 cm³/mol. The van der Waals surface area contributed by atoms with E-state index in [9.17, 15) is 0 Å². The maximum atomic E-state index is 6.03. The first-order valence-corrected chi connectivity index (χ1v) is 6.99. The van der Waals surface area contributed by atoms with Gasteiger partial charge in [0, 0.05) is 5.54 Å². The van der Waals surface area contributed by atoms with E-state index in [-0.39, 0.29) is 17.2 Å². The molecule has 3 atom stereocenters. The number of rotatable bonds is 6.